The zero-order valence-corrected chi connectivity index (χ0v) is 13.7. The Balaban J connectivity index is 1.82. The second-order valence-corrected chi connectivity index (χ2v) is 6.55. The molecule has 4 nitrogen and oxygen atoms in total. The van der Waals surface area contributed by atoms with Crippen LogP contribution in [0.3, 0.4) is 0 Å². The molecule has 2 N–H and O–H groups in total. The minimum Gasteiger partial charge on any atom is -0.453 e. The Hall–Kier alpha value is -0.910. The maximum atomic E-state index is 12.0. The molecule has 5 heteroatoms. The average molecular weight is 343 g/mol. The van der Waals surface area contributed by atoms with E-state index in [2.05, 4.69) is 23.0 Å². The minimum absolute atomic E-state index is 0.0464. The molecule has 0 bridgehead atoms. The van der Waals surface area contributed by atoms with Gasteiger partial charge in [0.25, 0.3) is 0 Å². The number of hydrogen-bond donors (Lipinski definition) is 2. The van der Waals surface area contributed by atoms with Crippen molar-refractivity contribution in [3.05, 3.63) is 34.3 Å². The van der Waals surface area contributed by atoms with Crippen LogP contribution in [0.15, 0.2) is 28.7 Å². The number of esters is 1. The minimum atomic E-state index is -0.238. The number of ether oxygens (including phenoxy) is 1. The highest BCUT2D eigenvalue weighted by atomic mass is 79.9. The number of quaternary nitrogens is 2. The summed E-state index contributed by atoms with van der Waals surface area (Å²) in [6.45, 7) is 7.58. The third-order valence-electron chi connectivity index (χ3n) is 3.76. The number of benzene rings is 1. The van der Waals surface area contributed by atoms with Gasteiger partial charge in [-0.05, 0) is 25.1 Å². The topological polar surface area (TPSA) is 35.2 Å². The van der Waals surface area contributed by atoms with Gasteiger partial charge in [0.15, 0.2) is 0 Å². The van der Waals surface area contributed by atoms with E-state index in [4.69, 9.17) is 4.74 Å². The molecule has 1 aliphatic heterocycles. The molecule has 0 amide bonds. The third kappa shape index (κ3) is 4.58. The zero-order chi connectivity index (χ0) is 14.5. The van der Waals surface area contributed by atoms with Crippen molar-refractivity contribution in [1.29, 1.82) is 0 Å². The van der Waals surface area contributed by atoms with Crippen LogP contribution in [-0.2, 0) is 4.74 Å². The first-order chi connectivity index (χ1) is 9.54. The van der Waals surface area contributed by atoms with E-state index in [0.29, 0.717) is 5.56 Å². The smallest absolute Gasteiger partial charge is 0.338 e. The van der Waals surface area contributed by atoms with Gasteiger partial charge < -0.3 is 14.5 Å². The molecular formula is C15H23BrN2O2+2. The summed E-state index contributed by atoms with van der Waals surface area (Å²) in [6.07, 6.45) is -0.0464. The number of rotatable bonds is 4. The second kappa shape index (κ2) is 7.20. The summed E-state index contributed by atoms with van der Waals surface area (Å²) in [4.78, 5) is 15.2. The summed E-state index contributed by atoms with van der Waals surface area (Å²) in [5.41, 5.74) is 0.601. The molecule has 1 aliphatic rings. The van der Waals surface area contributed by atoms with Crippen molar-refractivity contribution in [3.8, 4) is 0 Å². The molecule has 0 aromatic heterocycles. The van der Waals surface area contributed by atoms with Gasteiger partial charge in [-0.25, -0.2) is 4.79 Å². The second-order valence-electron chi connectivity index (χ2n) is 5.64. The lowest BCUT2D eigenvalue weighted by atomic mass is 10.2. The Morgan fingerprint density at radius 1 is 1.35 bits per heavy atom. The Labute approximate surface area is 128 Å². The van der Waals surface area contributed by atoms with Crippen LogP contribution < -0.4 is 9.80 Å². The monoisotopic (exact) mass is 342 g/mol. The molecule has 1 fully saturated rings. The summed E-state index contributed by atoms with van der Waals surface area (Å²) in [6, 6.07) is 7.32. The van der Waals surface area contributed by atoms with Gasteiger partial charge in [-0.1, -0.05) is 22.0 Å². The normalized spacial score (nSPS) is 24.1. The highest BCUT2D eigenvalue weighted by molar-refractivity contribution is 9.10. The molecule has 0 unspecified atom stereocenters. The standard InChI is InChI=1S/C15H21BrN2O2/c1-12(11-18-8-6-17(2)7-9-18)20-15(19)13-4-3-5-14(16)10-13/h3-5,10,12H,6-9,11H2,1-2H3/p+2/t12-/m1/s1. The Morgan fingerprint density at radius 2 is 2.05 bits per heavy atom. The quantitative estimate of drug-likeness (QED) is 0.717. The number of hydrogen-bond acceptors (Lipinski definition) is 2. The van der Waals surface area contributed by atoms with E-state index >= 15 is 0 Å². The Bertz CT molecular complexity index is 459. The molecule has 0 aliphatic carbocycles. The molecule has 1 saturated heterocycles. The number of piperazine rings is 1. The van der Waals surface area contributed by atoms with Crippen molar-refractivity contribution in [3.63, 3.8) is 0 Å². The largest absolute Gasteiger partial charge is 0.453 e. The van der Waals surface area contributed by atoms with Crippen LogP contribution in [0.4, 0.5) is 0 Å². The van der Waals surface area contributed by atoms with Gasteiger partial charge in [0.05, 0.1) is 12.6 Å². The van der Waals surface area contributed by atoms with E-state index in [1.54, 1.807) is 17.0 Å². The molecule has 0 radical (unpaired) electrons. The van der Waals surface area contributed by atoms with Crippen molar-refractivity contribution in [2.75, 3.05) is 39.8 Å². The van der Waals surface area contributed by atoms with E-state index in [0.717, 1.165) is 24.1 Å². The van der Waals surface area contributed by atoms with Crippen molar-refractivity contribution in [2.45, 2.75) is 13.0 Å². The van der Waals surface area contributed by atoms with E-state index in [1.165, 1.54) is 18.0 Å². The molecule has 1 atom stereocenters. The summed E-state index contributed by atoms with van der Waals surface area (Å²) in [5.74, 6) is -0.238. The fourth-order valence-corrected chi connectivity index (χ4v) is 2.95. The van der Waals surface area contributed by atoms with Crippen molar-refractivity contribution < 1.29 is 19.3 Å². The van der Waals surface area contributed by atoms with Crippen LogP contribution in [0.25, 0.3) is 0 Å². The molecule has 1 heterocycles. The lowest BCUT2D eigenvalue weighted by Crippen LogP contribution is -3.27. The number of carbonyl (C=O) groups is 1. The SMILES string of the molecule is C[C@H](C[NH+]1CC[NH+](C)CC1)OC(=O)c1cccc(Br)c1. The van der Waals surface area contributed by atoms with Gasteiger partial charge >= 0.3 is 5.97 Å². The zero-order valence-electron chi connectivity index (χ0n) is 12.1. The van der Waals surface area contributed by atoms with E-state index in [-0.39, 0.29) is 12.1 Å². The van der Waals surface area contributed by atoms with E-state index < -0.39 is 0 Å². The maximum Gasteiger partial charge on any atom is 0.338 e. The lowest BCUT2D eigenvalue weighted by molar-refractivity contribution is -1.00. The van der Waals surface area contributed by atoms with E-state index in [9.17, 15) is 4.79 Å². The van der Waals surface area contributed by atoms with Gasteiger partial charge in [-0.3, -0.25) is 0 Å². The van der Waals surface area contributed by atoms with Crippen molar-refractivity contribution in [1.82, 2.24) is 0 Å². The van der Waals surface area contributed by atoms with Crippen molar-refractivity contribution in [2.24, 2.45) is 0 Å². The van der Waals surface area contributed by atoms with E-state index in [1.807, 2.05) is 19.1 Å². The lowest BCUT2D eigenvalue weighted by Gasteiger charge is -2.28. The fourth-order valence-electron chi connectivity index (χ4n) is 2.55. The first kappa shape index (κ1) is 15.5. The van der Waals surface area contributed by atoms with Crippen LogP contribution in [0.2, 0.25) is 0 Å². The maximum absolute atomic E-state index is 12.0. The molecule has 0 spiro atoms. The van der Waals surface area contributed by atoms with Gasteiger partial charge in [-0.2, -0.15) is 0 Å². The predicted octanol–water partition coefficient (Wildman–Crippen LogP) is -0.592. The number of halogens is 1. The molecule has 110 valence electrons. The van der Waals surface area contributed by atoms with Gasteiger partial charge in [0.1, 0.15) is 38.8 Å². The summed E-state index contributed by atoms with van der Waals surface area (Å²) < 4.78 is 6.43. The van der Waals surface area contributed by atoms with Gasteiger partial charge in [0.2, 0.25) is 0 Å². The van der Waals surface area contributed by atoms with Crippen LogP contribution >= 0.6 is 15.9 Å². The predicted molar refractivity (Wildman–Crippen MR) is 81.2 cm³/mol. The highest BCUT2D eigenvalue weighted by Crippen LogP contribution is 2.12. The summed E-state index contributed by atoms with van der Waals surface area (Å²) in [5, 5.41) is 0. The van der Waals surface area contributed by atoms with Gasteiger partial charge in [0, 0.05) is 4.47 Å². The van der Waals surface area contributed by atoms with Crippen molar-refractivity contribution >= 4 is 21.9 Å². The number of nitrogens with one attached hydrogen (secondary N) is 2. The Kier molecular flexibility index (Phi) is 5.57. The number of carbonyl (C=O) groups excluding carboxylic acids is 1. The fraction of sp³-hybridized carbons (Fsp3) is 0.533. The van der Waals surface area contributed by atoms with Crippen LogP contribution in [0.5, 0.6) is 0 Å². The van der Waals surface area contributed by atoms with Gasteiger partial charge in [-0.15, -0.1) is 0 Å². The Morgan fingerprint density at radius 3 is 2.70 bits per heavy atom. The number of likely N-dealkylation sites (N-methyl/N-ethyl adjacent to an activating group) is 1. The molecule has 1 aromatic carbocycles. The molecule has 20 heavy (non-hydrogen) atoms. The summed E-state index contributed by atoms with van der Waals surface area (Å²) >= 11 is 3.37. The summed E-state index contributed by atoms with van der Waals surface area (Å²) in [7, 11) is 2.23. The van der Waals surface area contributed by atoms with Crippen LogP contribution in [-0.4, -0.2) is 51.8 Å². The molecule has 2 rings (SSSR count). The first-order valence-corrected chi connectivity index (χ1v) is 7.95. The first-order valence-electron chi connectivity index (χ1n) is 7.16. The van der Waals surface area contributed by atoms with Crippen LogP contribution in [0, 0.1) is 0 Å². The molecular weight excluding hydrogens is 320 g/mol. The molecule has 0 saturated carbocycles. The third-order valence-corrected chi connectivity index (χ3v) is 4.25. The van der Waals surface area contributed by atoms with Crippen LogP contribution in [0.1, 0.15) is 17.3 Å². The average Bonchev–Trinajstić information content (AvgIpc) is 2.41. The molecule has 1 aromatic rings. The highest BCUT2D eigenvalue weighted by Gasteiger charge is 2.23.